The Morgan fingerprint density at radius 1 is 1.19 bits per heavy atom. The van der Waals surface area contributed by atoms with Gasteiger partial charge in [0.05, 0.1) is 13.2 Å². The Kier molecular flexibility index (Phi) is 5.23. The fraction of sp³-hybridized carbons (Fsp3) is 0.350. The van der Waals surface area contributed by atoms with Crippen molar-refractivity contribution in [3.05, 3.63) is 65.2 Å². The molecule has 1 amide bonds. The molecule has 2 aromatic carbocycles. The summed E-state index contributed by atoms with van der Waals surface area (Å²) < 4.78 is 32.4. The normalized spacial score (nSPS) is 21.1. The van der Waals surface area contributed by atoms with Gasteiger partial charge in [-0.2, -0.15) is 0 Å². The molecule has 1 heterocycles. The third-order valence-electron chi connectivity index (χ3n) is 4.94. The van der Waals surface area contributed by atoms with Crippen molar-refractivity contribution in [1.29, 1.82) is 0 Å². The van der Waals surface area contributed by atoms with Crippen molar-refractivity contribution in [2.24, 2.45) is 0 Å². The predicted octanol–water partition coefficient (Wildman–Crippen LogP) is 3.60. The van der Waals surface area contributed by atoms with Crippen LogP contribution in [0.2, 0.25) is 0 Å². The third-order valence-corrected chi connectivity index (χ3v) is 4.94. The molecule has 1 aliphatic rings. The van der Waals surface area contributed by atoms with Crippen LogP contribution in [0.5, 0.6) is 5.75 Å². The van der Waals surface area contributed by atoms with E-state index in [1.165, 1.54) is 6.07 Å². The lowest BCUT2D eigenvalue weighted by Crippen LogP contribution is -2.36. The molecule has 0 radical (unpaired) electrons. The summed E-state index contributed by atoms with van der Waals surface area (Å²) in [4.78, 5) is 13.8. The number of methoxy groups -OCH3 is 1. The van der Waals surface area contributed by atoms with Crippen LogP contribution in [-0.2, 0) is 4.79 Å². The molecule has 1 aliphatic heterocycles. The molecule has 0 spiro atoms. The van der Waals surface area contributed by atoms with Crippen molar-refractivity contribution < 1.29 is 18.3 Å². The highest BCUT2D eigenvalue weighted by Crippen LogP contribution is 2.35. The van der Waals surface area contributed by atoms with Gasteiger partial charge in [0.2, 0.25) is 5.91 Å². The molecule has 0 saturated carbocycles. The first-order valence-corrected chi connectivity index (χ1v) is 8.52. The average Bonchev–Trinajstić information content (AvgIpc) is 2.91. The summed E-state index contributed by atoms with van der Waals surface area (Å²) in [7, 11) is 3.30. The molecule has 0 bridgehead atoms. The van der Waals surface area contributed by atoms with E-state index in [1.807, 2.05) is 31.2 Å². The number of amides is 1. The second kappa shape index (κ2) is 7.41. The Hall–Kier alpha value is -2.47. The Morgan fingerprint density at radius 2 is 1.92 bits per heavy atom. The number of likely N-dealkylation sites (N-methyl/N-ethyl adjacent to an activating group) is 1. The molecule has 1 saturated heterocycles. The van der Waals surface area contributed by atoms with E-state index in [0.717, 1.165) is 23.4 Å². The van der Waals surface area contributed by atoms with Crippen LogP contribution < -0.4 is 10.1 Å². The largest absolute Gasteiger partial charge is 0.496 e. The van der Waals surface area contributed by atoms with Crippen LogP contribution in [0.3, 0.4) is 0 Å². The molecule has 26 heavy (non-hydrogen) atoms. The molecule has 0 aromatic heterocycles. The van der Waals surface area contributed by atoms with Crippen molar-refractivity contribution in [2.45, 2.75) is 31.5 Å². The minimum absolute atomic E-state index is 0.0375. The van der Waals surface area contributed by atoms with Gasteiger partial charge < -0.3 is 15.0 Å². The van der Waals surface area contributed by atoms with E-state index in [-0.39, 0.29) is 24.0 Å². The van der Waals surface area contributed by atoms with Crippen molar-refractivity contribution in [3.8, 4) is 5.75 Å². The molecule has 3 atom stereocenters. The molecule has 3 rings (SSSR count). The number of hydrogen-bond donors (Lipinski definition) is 1. The van der Waals surface area contributed by atoms with Crippen LogP contribution in [-0.4, -0.2) is 31.0 Å². The number of carbonyl (C=O) groups is 1. The summed E-state index contributed by atoms with van der Waals surface area (Å²) in [5.41, 5.74) is 1.54. The number of carbonyl (C=O) groups excluding carboxylic acids is 1. The monoisotopic (exact) mass is 360 g/mol. The Bertz CT molecular complexity index is 812. The molecular weight excluding hydrogens is 338 g/mol. The van der Waals surface area contributed by atoms with Crippen LogP contribution in [0.25, 0.3) is 0 Å². The van der Waals surface area contributed by atoms with Crippen molar-refractivity contribution in [3.63, 3.8) is 0 Å². The van der Waals surface area contributed by atoms with Gasteiger partial charge in [0.1, 0.15) is 5.75 Å². The predicted molar refractivity (Wildman–Crippen MR) is 94.8 cm³/mol. The first-order valence-electron chi connectivity index (χ1n) is 8.52. The third kappa shape index (κ3) is 3.42. The highest BCUT2D eigenvalue weighted by atomic mass is 19.2. The standard InChI is InChI=1S/C20H22F2N2O2/c1-12(14-6-4-5-7-18(14)26-3)23-17-11-19(25)24(2)20(17)13-8-9-15(21)16(22)10-13/h4-10,12,17,20,23H,11H2,1-3H3/t12-,17+,20-/m0/s1. The highest BCUT2D eigenvalue weighted by molar-refractivity contribution is 5.80. The fourth-order valence-corrected chi connectivity index (χ4v) is 3.61. The molecule has 6 heteroatoms. The van der Waals surface area contributed by atoms with E-state index in [1.54, 1.807) is 19.1 Å². The van der Waals surface area contributed by atoms with Gasteiger partial charge in [-0.1, -0.05) is 24.3 Å². The number of rotatable bonds is 5. The van der Waals surface area contributed by atoms with E-state index in [9.17, 15) is 13.6 Å². The zero-order valence-electron chi connectivity index (χ0n) is 15.0. The van der Waals surface area contributed by atoms with Gasteiger partial charge in [-0.05, 0) is 30.7 Å². The molecule has 4 nitrogen and oxygen atoms in total. The quantitative estimate of drug-likeness (QED) is 0.886. The van der Waals surface area contributed by atoms with Gasteiger partial charge in [0, 0.05) is 31.1 Å². The topological polar surface area (TPSA) is 41.6 Å². The summed E-state index contributed by atoms with van der Waals surface area (Å²) in [5, 5.41) is 3.45. The maximum Gasteiger partial charge on any atom is 0.224 e. The number of benzene rings is 2. The van der Waals surface area contributed by atoms with E-state index in [0.29, 0.717) is 12.0 Å². The van der Waals surface area contributed by atoms with Crippen molar-refractivity contribution in [2.75, 3.05) is 14.2 Å². The lowest BCUT2D eigenvalue weighted by atomic mass is 9.98. The van der Waals surface area contributed by atoms with Gasteiger partial charge in [-0.3, -0.25) is 4.79 Å². The summed E-state index contributed by atoms with van der Waals surface area (Å²) in [6, 6.07) is 10.8. The van der Waals surface area contributed by atoms with Gasteiger partial charge in [-0.25, -0.2) is 8.78 Å². The van der Waals surface area contributed by atoms with E-state index >= 15 is 0 Å². The number of likely N-dealkylation sites (tertiary alicyclic amines) is 1. The van der Waals surface area contributed by atoms with Crippen molar-refractivity contribution >= 4 is 5.91 Å². The summed E-state index contributed by atoms with van der Waals surface area (Å²) in [6.07, 6.45) is 0.291. The number of nitrogens with one attached hydrogen (secondary N) is 1. The summed E-state index contributed by atoms with van der Waals surface area (Å²) in [6.45, 7) is 1.99. The molecule has 2 aromatic rings. The lowest BCUT2D eigenvalue weighted by Gasteiger charge is -2.29. The molecule has 0 unspecified atom stereocenters. The Balaban J connectivity index is 1.87. The fourth-order valence-electron chi connectivity index (χ4n) is 3.61. The van der Waals surface area contributed by atoms with Crippen LogP contribution >= 0.6 is 0 Å². The molecular formula is C20H22F2N2O2. The first kappa shape index (κ1) is 18.3. The van der Waals surface area contributed by atoms with Crippen molar-refractivity contribution in [1.82, 2.24) is 10.2 Å². The Labute approximate surface area is 151 Å². The minimum Gasteiger partial charge on any atom is -0.496 e. The van der Waals surface area contributed by atoms with Crippen LogP contribution in [0.15, 0.2) is 42.5 Å². The number of hydrogen-bond acceptors (Lipinski definition) is 3. The van der Waals surface area contributed by atoms with Crippen LogP contribution in [0.4, 0.5) is 8.78 Å². The first-order chi connectivity index (χ1) is 12.4. The SMILES string of the molecule is COc1ccccc1[C@H](C)N[C@@H]1CC(=O)N(C)[C@H]1c1ccc(F)c(F)c1. The molecule has 0 aliphatic carbocycles. The maximum absolute atomic E-state index is 13.7. The maximum atomic E-state index is 13.7. The highest BCUT2D eigenvalue weighted by Gasteiger charge is 2.39. The second-order valence-electron chi connectivity index (χ2n) is 6.56. The van der Waals surface area contributed by atoms with Crippen LogP contribution in [0.1, 0.15) is 36.6 Å². The number of nitrogens with zero attached hydrogens (tertiary/aromatic N) is 1. The lowest BCUT2D eigenvalue weighted by molar-refractivity contribution is -0.127. The number of para-hydroxylation sites is 1. The number of ether oxygens (including phenoxy) is 1. The Morgan fingerprint density at radius 3 is 2.62 bits per heavy atom. The van der Waals surface area contributed by atoms with E-state index in [4.69, 9.17) is 4.74 Å². The molecule has 138 valence electrons. The van der Waals surface area contributed by atoms with Gasteiger partial charge in [0.25, 0.3) is 0 Å². The van der Waals surface area contributed by atoms with E-state index < -0.39 is 11.6 Å². The molecule has 1 fully saturated rings. The average molecular weight is 360 g/mol. The smallest absolute Gasteiger partial charge is 0.224 e. The second-order valence-corrected chi connectivity index (χ2v) is 6.56. The van der Waals surface area contributed by atoms with E-state index in [2.05, 4.69) is 5.32 Å². The minimum atomic E-state index is -0.910. The summed E-state index contributed by atoms with van der Waals surface area (Å²) in [5.74, 6) is -1.08. The van der Waals surface area contributed by atoms with Gasteiger partial charge in [-0.15, -0.1) is 0 Å². The molecule has 1 N–H and O–H groups in total. The van der Waals surface area contributed by atoms with Crippen LogP contribution in [0, 0.1) is 11.6 Å². The zero-order chi connectivity index (χ0) is 18.8. The van der Waals surface area contributed by atoms with Gasteiger partial charge >= 0.3 is 0 Å². The number of halogens is 2. The summed E-state index contributed by atoms with van der Waals surface area (Å²) >= 11 is 0. The zero-order valence-corrected chi connectivity index (χ0v) is 15.0. The van der Waals surface area contributed by atoms with Gasteiger partial charge in [0.15, 0.2) is 11.6 Å².